The van der Waals surface area contributed by atoms with Gasteiger partial charge in [0.1, 0.15) is 16.5 Å². The number of piperazine rings is 1. The molecule has 0 unspecified atom stereocenters. The quantitative estimate of drug-likeness (QED) is 0.754. The van der Waals surface area contributed by atoms with E-state index in [9.17, 15) is 13.2 Å². The van der Waals surface area contributed by atoms with E-state index in [2.05, 4.69) is 4.98 Å². The molecule has 1 aromatic carbocycles. The number of benzene rings is 1. The zero-order valence-electron chi connectivity index (χ0n) is 15.2. The maximum Gasteiger partial charge on any atom is 0.307 e. The first-order chi connectivity index (χ1) is 13.3. The van der Waals surface area contributed by atoms with Gasteiger partial charge in [-0.05, 0) is 29.8 Å². The van der Waals surface area contributed by atoms with Gasteiger partial charge in [0.25, 0.3) is 0 Å². The van der Waals surface area contributed by atoms with Gasteiger partial charge in [-0.3, -0.25) is 4.79 Å². The number of hydrogen-bond acceptors (Lipinski definition) is 6. The lowest BCUT2D eigenvalue weighted by Gasteiger charge is -2.35. The molecule has 0 amide bonds. The number of hydrogen-bond donors (Lipinski definition) is 1. The number of methoxy groups -OCH3 is 1. The van der Waals surface area contributed by atoms with E-state index in [-0.39, 0.29) is 30.2 Å². The number of rotatable bonds is 6. The van der Waals surface area contributed by atoms with Gasteiger partial charge in [0.2, 0.25) is 10.0 Å². The topological polar surface area (TPSA) is 100 Å². The predicted molar refractivity (Wildman–Crippen MR) is 105 cm³/mol. The Balaban J connectivity index is 1.82. The van der Waals surface area contributed by atoms with Crippen molar-refractivity contribution in [2.75, 3.05) is 38.2 Å². The fourth-order valence-electron chi connectivity index (χ4n) is 3.10. The average Bonchev–Trinajstić information content (AvgIpc) is 2.68. The third kappa shape index (κ3) is 4.21. The second-order valence-electron chi connectivity index (χ2n) is 6.26. The molecule has 10 heteroatoms. The molecule has 1 aliphatic heterocycles. The lowest BCUT2D eigenvalue weighted by molar-refractivity contribution is -0.136. The van der Waals surface area contributed by atoms with Crippen LogP contribution < -0.4 is 9.64 Å². The van der Waals surface area contributed by atoms with Gasteiger partial charge in [0.15, 0.2) is 0 Å². The molecule has 2 aromatic rings. The first kappa shape index (κ1) is 20.4. The minimum atomic E-state index is -3.84. The summed E-state index contributed by atoms with van der Waals surface area (Å²) in [6, 6.07) is 7.88. The summed E-state index contributed by atoms with van der Waals surface area (Å²) in [5.74, 6) is -0.221. The summed E-state index contributed by atoms with van der Waals surface area (Å²) >= 11 is 6.18. The van der Waals surface area contributed by atoms with E-state index in [0.29, 0.717) is 29.5 Å². The molecule has 1 N–H and O–H groups in total. The molecule has 28 heavy (non-hydrogen) atoms. The number of halogens is 1. The molecule has 0 aliphatic carbocycles. The van der Waals surface area contributed by atoms with Crippen LogP contribution in [0.25, 0.3) is 0 Å². The Kier molecular flexibility index (Phi) is 6.07. The van der Waals surface area contributed by atoms with Gasteiger partial charge in [-0.2, -0.15) is 4.31 Å². The second kappa shape index (κ2) is 8.34. The Morgan fingerprint density at radius 2 is 1.96 bits per heavy atom. The van der Waals surface area contributed by atoms with Gasteiger partial charge in [-0.25, -0.2) is 13.4 Å². The Bertz CT molecular complexity index is 975. The highest BCUT2D eigenvalue weighted by molar-refractivity contribution is 7.89. The normalized spacial score (nSPS) is 15.4. The summed E-state index contributed by atoms with van der Waals surface area (Å²) in [6.45, 7) is 1.38. The summed E-state index contributed by atoms with van der Waals surface area (Å²) in [5, 5.41) is 9.50. The van der Waals surface area contributed by atoms with Gasteiger partial charge < -0.3 is 14.7 Å². The van der Waals surface area contributed by atoms with Crippen molar-refractivity contribution in [1.82, 2.24) is 9.29 Å². The largest absolute Gasteiger partial charge is 0.495 e. The molecular weight excluding hydrogens is 406 g/mol. The highest BCUT2D eigenvalue weighted by atomic mass is 35.5. The standard InChI is InChI=1S/C18H20ClN3O5S/c1-27-15-5-4-13(12-17(23)24)11-16(15)28(25,26)22-9-7-21(8-10-22)18-14(19)3-2-6-20-18/h2-6,11H,7-10,12H2,1H3,(H,23,24). The molecule has 3 rings (SSSR count). The van der Waals surface area contributed by atoms with Crippen LogP contribution in [-0.4, -0.2) is 62.1 Å². The smallest absolute Gasteiger partial charge is 0.307 e. The van der Waals surface area contributed by atoms with Gasteiger partial charge in [0, 0.05) is 32.4 Å². The van der Waals surface area contributed by atoms with Crippen LogP contribution in [-0.2, 0) is 21.2 Å². The van der Waals surface area contributed by atoms with Crippen LogP contribution in [0.1, 0.15) is 5.56 Å². The minimum Gasteiger partial charge on any atom is -0.495 e. The number of carboxylic acids is 1. The summed E-state index contributed by atoms with van der Waals surface area (Å²) < 4.78 is 32.9. The number of carboxylic acid groups (broad SMARTS) is 1. The molecule has 0 atom stereocenters. The van der Waals surface area contributed by atoms with Crippen molar-refractivity contribution in [2.24, 2.45) is 0 Å². The maximum absolute atomic E-state index is 13.2. The number of carbonyl (C=O) groups is 1. The lowest BCUT2D eigenvalue weighted by atomic mass is 10.1. The van der Waals surface area contributed by atoms with E-state index in [1.807, 2.05) is 4.90 Å². The Hall–Kier alpha value is -2.36. The van der Waals surface area contributed by atoms with Crippen LogP contribution in [0, 0.1) is 0 Å². The van der Waals surface area contributed by atoms with Crippen LogP contribution in [0.3, 0.4) is 0 Å². The van der Waals surface area contributed by atoms with Crippen LogP contribution in [0.15, 0.2) is 41.4 Å². The molecule has 1 aliphatic rings. The number of aliphatic carboxylic acids is 1. The predicted octanol–water partition coefficient (Wildman–Crippen LogP) is 1.88. The molecule has 1 saturated heterocycles. The number of aromatic nitrogens is 1. The molecule has 0 radical (unpaired) electrons. The number of anilines is 1. The van der Waals surface area contributed by atoms with E-state index >= 15 is 0 Å². The summed E-state index contributed by atoms with van der Waals surface area (Å²) in [4.78, 5) is 17.1. The van der Waals surface area contributed by atoms with Gasteiger partial charge >= 0.3 is 5.97 Å². The number of pyridine rings is 1. The van der Waals surface area contributed by atoms with Crippen LogP contribution in [0.2, 0.25) is 5.02 Å². The van der Waals surface area contributed by atoms with Gasteiger partial charge in [0.05, 0.1) is 18.6 Å². The third-order valence-corrected chi connectivity index (χ3v) is 6.69. The lowest BCUT2D eigenvalue weighted by Crippen LogP contribution is -2.49. The van der Waals surface area contributed by atoms with Crippen LogP contribution in [0.4, 0.5) is 5.82 Å². The highest BCUT2D eigenvalue weighted by Gasteiger charge is 2.32. The average molecular weight is 426 g/mol. The number of ether oxygens (including phenoxy) is 1. The fraction of sp³-hybridized carbons (Fsp3) is 0.333. The minimum absolute atomic E-state index is 0.0296. The second-order valence-corrected chi connectivity index (χ2v) is 8.57. The van der Waals surface area contributed by atoms with Crippen molar-refractivity contribution in [3.8, 4) is 5.75 Å². The molecule has 0 saturated carbocycles. The summed E-state index contributed by atoms with van der Waals surface area (Å²) in [6.07, 6.45) is 1.38. The first-order valence-electron chi connectivity index (χ1n) is 8.57. The maximum atomic E-state index is 13.2. The zero-order chi connectivity index (χ0) is 20.3. The van der Waals surface area contributed by atoms with Gasteiger partial charge in [-0.15, -0.1) is 0 Å². The molecule has 1 aromatic heterocycles. The van der Waals surface area contributed by atoms with Gasteiger partial charge in [-0.1, -0.05) is 17.7 Å². The van der Waals surface area contributed by atoms with E-state index in [0.717, 1.165) is 0 Å². The van der Waals surface area contributed by atoms with Crippen LogP contribution in [0.5, 0.6) is 5.75 Å². The molecule has 8 nitrogen and oxygen atoms in total. The van der Waals surface area contributed by atoms with Crippen molar-refractivity contribution < 1.29 is 23.1 Å². The Morgan fingerprint density at radius 3 is 2.57 bits per heavy atom. The fourth-order valence-corrected chi connectivity index (χ4v) is 4.97. The van der Waals surface area contributed by atoms with E-state index in [1.54, 1.807) is 24.4 Å². The number of nitrogens with zero attached hydrogens (tertiary/aromatic N) is 3. The SMILES string of the molecule is COc1ccc(CC(=O)O)cc1S(=O)(=O)N1CCN(c2ncccc2Cl)CC1. The van der Waals surface area contributed by atoms with E-state index in [4.69, 9.17) is 21.4 Å². The number of sulfonamides is 1. The van der Waals surface area contributed by atoms with Crippen molar-refractivity contribution in [3.05, 3.63) is 47.1 Å². The highest BCUT2D eigenvalue weighted by Crippen LogP contribution is 2.30. The Labute approximate surface area is 168 Å². The monoisotopic (exact) mass is 425 g/mol. The van der Waals surface area contributed by atoms with Crippen LogP contribution >= 0.6 is 11.6 Å². The first-order valence-corrected chi connectivity index (χ1v) is 10.4. The summed E-state index contributed by atoms with van der Waals surface area (Å²) in [5.41, 5.74) is 0.394. The Morgan fingerprint density at radius 1 is 1.25 bits per heavy atom. The third-order valence-electron chi connectivity index (χ3n) is 4.48. The molecule has 2 heterocycles. The van der Waals surface area contributed by atoms with E-state index < -0.39 is 16.0 Å². The molecule has 0 bridgehead atoms. The van der Waals surface area contributed by atoms with Crippen molar-refractivity contribution in [2.45, 2.75) is 11.3 Å². The van der Waals surface area contributed by atoms with E-state index in [1.165, 1.54) is 23.5 Å². The zero-order valence-corrected chi connectivity index (χ0v) is 16.8. The summed E-state index contributed by atoms with van der Waals surface area (Å²) in [7, 11) is -2.46. The van der Waals surface area contributed by atoms with Crippen molar-refractivity contribution in [3.63, 3.8) is 0 Å². The van der Waals surface area contributed by atoms with Crippen molar-refractivity contribution >= 4 is 33.4 Å². The molecule has 0 spiro atoms. The molecule has 1 fully saturated rings. The van der Waals surface area contributed by atoms with Crippen molar-refractivity contribution in [1.29, 1.82) is 0 Å². The molecule has 150 valence electrons. The molecular formula is C18H20ClN3O5S.